The molecule has 19 heavy (non-hydrogen) atoms. The Balaban J connectivity index is 1.77. The monoisotopic (exact) mass is 277 g/mol. The van der Waals surface area contributed by atoms with Crippen LogP contribution in [0.5, 0.6) is 0 Å². The maximum atomic E-state index is 5.52. The number of benzene rings is 1. The first-order chi connectivity index (χ1) is 9.15. The van der Waals surface area contributed by atoms with Crippen LogP contribution in [0, 0.1) is 6.92 Å². The molecule has 2 N–H and O–H groups in total. The third kappa shape index (κ3) is 4.48. The van der Waals surface area contributed by atoms with Crippen LogP contribution in [0.25, 0.3) is 0 Å². The van der Waals surface area contributed by atoms with Crippen LogP contribution in [0.1, 0.15) is 18.4 Å². The molecule has 0 bridgehead atoms. The molecule has 3 nitrogen and oxygen atoms in total. The molecule has 0 atom stereocenters. The zero-order valence-electron chi connectivity index (χ0n) is 11.6. The van der Waals surface area contributed by atoms with Gasteiger partial charge < -0.3 is 10.6 Å². The van der Waals surface area contributed by atoms with Gasteiger partial charge in [0.2, 0.25) is 0 Å². The van der Waals surface area contributed by atoms with E-state index in [0.717, 1.165) is 45.6 Å². The highest BCUT2D eigenvalue weighted by Crippen LogP contribution is 2.17. The fourth-order valence-corrected chi connectivity index (χ4v) is 2.68. The molecular formula is C15H23N3S. The molecule has 0 unspecified atom stereocenters. The summed E-state index contributed by atoms with van der Waals surface area (Å²) in [6, 6.07) is 8.76. The number of nitrogens with two attached hydrogens (primary N) is 1. The number of piperazine rings is 1. The zero-order valence-corrected chi connectivity index (χ0v) is 12.5. The first-order valence-corrected chi connectivity index (χ1v) is 7.38. The Hall–Kier alpha value is -1.13. The Kier molecular flexibility index (Phi) is 5.16. The molecule has 1 saturated heterocycles. The molecule has 1 aromatic rings. The first-order valence-electron chi connectivity index (χ1n) is 6.97. The number of rotatable bonds is 5. The molecule has 0 spiro atoms. The van der Waals surface area contributed by atoms with E-state index in [0.29, 0.717) is 4.99 Å². The van der Waals surface area contributed by atoms with Crippen LogP contribution < -0.4 is 10.6 Å². The average molecular weight is 277 g/mol. The van der Waals surface area contributed by atoms with Crippen LogP contribution in [-0.2, 0) is 0 Å². The minimum atomic E-state index is 0.637. The minimum absolute atomic E-state index is 0.637. The molecule has 1 aliphatic heterocycles. The third-order valence-corrected chi connectivity index (χ3v) is 3.84. The van der Waals surface area contributed by atoms with E-state index in [1.807, 2.05) is 0 Å². The lowest BCUT2D eigenvalue weighted by atomic mass is 10.2. The van der Waals surface area contributed by atoms with Gasteiger partial charge >= 0.3 is 0 Å². The highest BCUT2D eigenvalue weighted by atomic mass is 32.1. The first kappa shape index (κ1) is 14.3. The molecule has 2 rings (SSSR count). The number of hydrogen-bond acceptors (Lipinski definition) is 3. The van der Waals surface area contributed by atoms with E-state index in [1.165, 1.54) is 11.3 Å². The second kappa shape index (κ2) is 6.87. The highest BCUT2D eigenvalue weighted by molar-refractivity contribution is 7.80. The van der Waals surface area contributed by atoms with Crippen molar-refractivity contribution in [3.05, 3.63) is 29.8 Å². The van der Waals surface area contributed by atoms with E-state index < -0.39 is 0 Å². The number of anilines is 1. The summed E-state index contributed by atoms with van der Waals surface area (Å²) in [6.07, 6.45) is 1.95. The molecule has 0 aliphatic carbocycles. The van der Waals surface area contributed by atoms with Crippen molar-refractivity contribution in [1.82, 2.24) is 4.90 Å². The van der Waals surface area contributed by atoms with E-state index in [4.69, 9.17) is 18.0 Å². The summed E-state index contributed by atoms with van der Waals surface area (Å²) in [6.45, 7) is 7.73. The fourth-order valence-electron chi connectivity index (χ4n) is 2.53. The van der Waals surface area contributed by atoms with Crippen LogP contribution in [0.15, 0.2) is 24.3 Å². The normalized spacial score (nSPS) is 16.6. The van der Waals surface area contributed by atoms with Gasteiger partial charge in [0.25, 0.3) is 0 Å². The number of thiocarbonyl (C=S) groups is 1. The van der Waals surface area contributed by atoms with E-state index in [-0.39, 0.29) is 0 Å². The van der Waals surface area contributed by atoms with Gasteiger partial charge in [-0.15, -0.1) is 0 Å². The van der Waals surface area contributed by atoms with Gasteiger partial charge in [-0.1, -0.05) is 24.4 Å². The Morgan fingerprint density at radius 2 is 2.00 bits per heavy atom. The Labute approximate surface area is 121 Å². The van der Waals surface area contributed by atoms with Crippen molar-refractivity contribution in [2.75, 3.05) is 37.6 Å². The van der Waals surface area contributed by atoms with Gasteiger partial charge in [-0.2, -0.15) is 0 Å². The van der Waals surface area contributed by atoms with E-state index in [1.54, 1.807) is 0 Å². The molecule has 0 saturated carbocycles. The Morgan fingerprint density at radius 1 is 1.26 bits per heavy atom. The van der Waals surface area contributed by atoms with E-state index >= 15 is 0 Å². The molecule has 1 heterocycles. The summed E-state index contributed by atoms with van der Waals surface area (Å²) in [5.41, 5.74) is 8.20. The molecule has 104 valence electrons. The van der Waals surface area contributed by atoms with Gasteiger partial charge in [0, 0.05) is 31.9 Å². The number of nitrogens with zero attached hydrogens (tertiary/aromatic N) is 2. The molecule has 0 aromatic heterocycles. The second-order valence-electron chi connectivity index (χ2n) is 5.24. The van der Waals surface area contributed by atoms with Gasteiger partial charge in [-0.25, -0.2) is 0 Å². The summed E-state index contributed by atoms with van der Waals surface area (Å²) >= 11 is 4.91. The lowest BCUT2D eigenvalue weighted by molar-refractivity contribution is 0.256. The second-order valence-corrected chi connectivity index (χ2v) is 5.76. The predicted molar refractivity (Wildman–Crippen MR) is 85.9 cm³/mol. The van der Waals surface area contributed by atoms with Crippen molar-refractivity contribution < 1.29 is 0 Å². The topological polar surface area (TPSA) is 32.5 Å². The standard InChI is InChI=1S/C15H23N3S/c1-13-4-2-5-14(12-13)18-10-8-17(9-11-18)7-3-6-15(16)19/h2,4-5,12H,3,6-11H2,1H3,(H2,16,19). The fraction of sp³-hybridized carbons (Fsp3) is 0.533. The van der Waals surface area contributed by atoms with Crippen molar-refractivity contribution in [2.45, 2.75) is 19.8 Å². The Morgan fingerprint density at radius 3 is 2.63 bits per heavy atom. The zero-order chi connectivity index (χ0) is 13.7. The molecule has 4 heteroatoms. The van der Waals surface area contributed by atoms with Gasteiger partial charge in [-0.05, 0) is 44.0 Å². The van der Waals surface area contributed by atoms with Gasteiger partial charge in [0.15, 0.2) is 0 Å². The summed E-state index contributed by atoms with van der Waals surface area (Å²) < 4.78 is 0. The minimum Gasteiger partial charge on any atom is -0.393 e. The highest BCUT2D eigenvalue weighted by Gasteiger charge is 2.16. The smallest absolute Gasteiger partial charge is 0.0727 e. The summed E-state index contributed by atoms with van der Waals surface area (Å²) in [4.78, 5) is 5.61. The number of hydrogen-bond donors (Lipinski definition) is 1. The molecule has 1 aliphatic rings. The van der Waals surface area contributed by atoms with E-state index in [2.05, 4.69) is 41.0 Å². The lowest BCUT2D eigenvalue weighted by Crippen LogP contribution is -2.46. The third-order valence-electron chi connectivity index (χ3n) is 3.64. The van der Waals surface area contributed by atoms with Crippen molar-refractivity contribution in [1.29, 1.82) is 0 Å². The lowest BCUT2D eigenvalue weighted by Gasteiger charge is -2.36. The quantitative estimate of drug-likeness (QED) is 0.836. The SMILES string of the molecule is Cc1cccc(N2CCN(CCCC(N)=S)CC2)c1. The van der Waals surface area contributed by atoms with Gasteiger partial charge in [-0.3, -0.25) is 4.90 Å². The predicted octanol–water partition coefficient (Wildman–Crippen LogP) is 2.18. The largest absolute Gasteiger partial charge is 0.393 e. The molecule has 1 aromatic carbocycles. The summed E-state index contributed by atoms with van der Waals surface area (Å²) in [5.74, 6) is 0. The molecule has 0 radical (unpaired) electrons. The number of aryl methyl sites for hydroxylation is 1. The van der Waals surface area contributed by atoms with Crippen molar-refractivity contribution in [3.8, 4) is 0 Å². The van der Waals surface area contributed by atoms with Crippen LogP contribution >= 0.6 is 12.2 Å². The maximum absolute atomic E-state index is 5.52. The van der Waals surface area contributed by atoms with E-state index in [9.17, 15) is 0 Å². The maximum Gasteiger partial charge on any atom is 0.0727 e. The van der Waals surface area contributed by atoms with Crippen LogP contribution in [0.2, 0.25) is 0 Å². The summed E-state index contributed by atoms with van der Waals surface area (Å²) in [7, 11) is 0. The van der Waals surface area contributed by atoms with Gasteiger partial charge in [0.05, 0.1) is 4.99 Å². The van der Waals surface area contributed by atoms with Crippen molar-refractivity contribution >= 4 is 22.9 Å². The van der Waals surface area contributed by atoms with Crippen LogP contribution in [0.3, 0.4) is 0 Å². The molecule has 1 fully saturated rings. The van der Waals surface area contributed by atoms with Crippen LogP contribution in [-0.4, -0.2) is 42.6 Å². The molecule has 0 amide bonds. The Bertz CT molecular complexity index is 425. The van der Waals surface area contributed by atoms with Crippen molar-refractivity contribution in [3.63, 3.8) is 0 Å². The van der Waals surface area contributed by atoms with Gasteiger partial charge in [0.1, 0.15) is 0 Å². The average Bonchev–Trinajstić information content (AvgIpc) is 2.39. The van der Waals surface area contributed by atoms with Crippen LogP contribution in [0.4, 0.5) is 5.69 Å². The summed E-state index contributed by atoms with van der Waals surface area (Å²) in [5, 5.41) is 0. The van der Waals surface area contributed by atoms with Crippen molar-refractivity contribution in [2.24, 2.45) is 5.73 Å². The molecular weight excluding hydrogens is 254 g/mol.